The zero-order valence-corrected chi connectivity index (χ0v) is 13.5. The van der Waals surface area contributed by atoms with Crippen LogP contribution in [0.1, 0.15) is 27.2 Å². The largest absolute Gasteiger partial charge is 0.416 e. The molecule has 1 amide bonds. The predicted molar refractivity (Wildman–Crippen MR) is 87.4 cm³/mol. The van der Waals surface area contributed by atoms with Gasteiger partial charge in [-0.05, 0) is 48.9 Å². The van der Waals surface area contributed by atoms with Gasteiger partial charge in [0.1, 0.15) is 5.65 Å². The van der Waals surface area contributed by atoms with E-state index in [4.69, 9.17) is 0 Å². The summed E-state index contributed by atoms with van der Waals surface area (Å²) in [6, 6.07) is 8.09. The first-order valence-electron chi connectivity index (χ1n) is 7.72. The maximum Gasteiger partial charge on any atom is 0.416 e. The highest BCUT2D eigenvalue weighted by molar-refractivity contribution is 5.94. The second-order valence-electron chi connectivity index (χ2n) is 5.78. The number of aromatic nitrogens is 2. The first-order chi connectivity index (χ1) is 11.8. The second kappa shape index (κ2) is 6.58. The van der Waals surface area contributed by atoms with Crippen molar-refractivity contribution in [2.24, 2.45) is 0 Å². The minimum absolute atomic E-state index is 0.193. The Hall–Kier alpha value is -2.83. The van der Waals surface area contributed by atoms with Gasteiger partial charge in [0.25, 0.3) is 5.91 Å². The molecule has 3 aromatic rings. The Morgan fingerprint density at radius 2 is 1.92 bits per heavy atom. The third-order valence-corrected chi connectivity index (χ3v) is 3.81. The molecule has 0 aliphatic heterocycles. The molecule has 0 saturated carbocycles. The molecule has 0 spiro atoms. The summed E-state index contributed by atoms with van der Waals surface area (Å²) in [5.74, 6) is -0.409. The minimum Gasteiger partial charge on any atom is -0.352 e. The topological polar surface area (TPSA) is 46.4 Å². The Morgan fingerprint density at radius 3 is 2.60 bits per heavy atom. The first-order valence-corrected chi connectivity index (χ1v) is 7.72. The summed E-state index contributed by atoms with van der Waals surface area (Å²) in [6.45, 7) is 2.33. The van der Waals surface area contributed by atoms with Crippen molar-refractivity contribution in [3.63, 3.8) is 0 Å². The fourth-order valence-electron chi connectivity index (χ4n) is 2.47. The van der Waals surface area contributed by atoms with Crippen molar-refractivity contribution in [2.75, 3.05) is 6.54 Å². The van der Waals surface area contributed by atoms with Crippen LogP contribution in [0.4, 0.5) is 13.2 Å². The fourth-order valence-corrected chi connectivity index (χ4v) is 2.47. The lowest BCUT2D eigenvalue weighted by molar-refractivity contribution is -0.137. The summed E-state index contributed by atoms with van der Waals surface area (Å²) >= 11 is 0. The molecule has 0 fully saturated rings. The van der Waals surface area contributed by atoms with Crippen LogP contribution < -0.4 is 5.32 Å². The van der Waals surface area contributed by atoms with E-state index in [1.165, 1.54) is 12.1 Å². The molecule has 25 heavy (non-hydrogen) atoms. The number of halogens is 3. The summed E-state index contributed by atoms with van der Waals surface area (Å²) in [5.41, 5.74) is 2.20. The van der Waals surface area contributed by atoms with E-state index in [0.29, 0.717) is 13.0 Å². The van der Waals surface area contributed by atoms with E-state index in [1.54, 1.807) is 0 Å². The third kappa shape index (κ3) is 3.99. The standard InChI is InChI=1S/C18H16F3N3O/c1-12-7-9-24-11-15(23-16(24)10-12)6-8-22-17(25)13-2-4-14(5-3-13)18(19,20)21/h2-5,7,9-11H,6,8H2,1H3,(H,22,25). The molecule has 0 bridgehead atoms. The molecule has 4 nitrogen and oxygen atoms in total. The average molecular weight is 347 g/mol. The zero-order chi connectivity index (χ0) is 18.0. The van der Waals surface area contributed by atoms with Crippen molar-refractivity contribution < 1.29 is 18.0 Å². The minimum atomic E-state index is -4.41. The van der Waals surface area contributed by atoms with Gasteiger partial charge in [-0.3, -0.25) is 4.79 Å². The van der Waals surface area contributed by atoms with Gasteiger partial charge in [0, 0.05) is 30.9 Å². The number of rotatable bonds is 4. The summed E-state index contributed by atoms with van der Waals surface area (Å²) in [5, 5.41) is 2.69. The Bertz CT molecular complexity index is 898. The fraction of sp³-hybridized carbons (Fsp3) is 0.222. The van der Waals surface area contributed by atoms with Crippen molar-refractivity contribution in [3.8, 4) is 0 Å². The SMILES string of the molecule is Cc1ccn2cc(CCNC(=O)c3ccc(C(F)(F)F)cc3)nc2c1. The van der Waals surface area contributed by atoms with E-state index < -0.39 is 17.6 Å². The Morgan fingerprint density at radius 1 is 1.20 bits per heavy atom. The van der Waals surface area contributed by atoms with Crippen LogP contribution in [-0.2, 0) is 12.6 Å². The van der Waals surface area contributed by atoms with Crippen LogP contribution in [0.15, 0.2) is 48.8 Å². The molecular formula is C18H16F3N3O. The maximum absolute atomic E-state index is 12.5. The number of carbonyl (C=O) groups is 1. The van der Waals surface area contributed by atoms with Gasteiger partial charge in [-0.1, -0.05) is 0 Å². The molecule has 2 aromatic heterocycles. The number of aryl methyl sites for hydroxylation is 1. The molecule has 7 heteroatoms. The predicted octanol–water partition coefficient (Wildman–Crippen LogP) is 3.63. The normalized spacial score (nSPS) is 11.7. The molecule has 0 aliphatic carbocycles. The highest BCUT2D eigenvalue weighted by atomic mass is 19.4. The van der Waals surface area contributed by atoms with Crippen LogP contribution in [-0.4, -0.2) is 21.8 Å². The molecule has 2 heterocycles. The highest BCUT2D eigenvalue weighted by Crippen LogP contribution is 2.29. The van der Waals surface area contributed by atoms with Crippen LogP contribution in [0, 0.1) is 6.92 Å². The number of hydrogen-bond donors (Lipinski definition) is 1. The number of imidazole rings is 1. The van der Waals surface area contributed by atoms with Gasteiger partial charge in [-0.2, -0.15) is 13.2 Å². The quantitative estimate of drug-likeness (QED) is 0.783. The van der Waals surface area contributed by atoms with Gasteiger partial charge in [-0.25, -0.2) is 4.98 Å². The molecule has 3 rings (SSSR count). The molecule has 0 aliphatic rings. The third-order valence-electron chi connectivity index (χ3n) is 3.81. The molecule has 1 N–H and O–H groups in total. The molecule has 0 radical (unpaired) electrons. The van der Waals surface area contributed by atoms with Gasteiger partial charge < -0.3 is 9.72 Å². The number of amides is 1. The molecule has 1 aromatic carbocycles. The number of benzene rings is 1. The lowest BCUT2D eigenvalue weighted by Gasteiger charge is -2.08. The van der Waals surface area contributed by atoms with Crippen molar-refractivity contribution in [2.45, 2.75) is 19.5 Å². The number of alkyl halides is 3. The maximum atomic E-state index is 12.5. The molecule has 0 atom stereocenters. The van der Waals surface area contributed by atoms with E-state index in [2.05, 4.69) is 10.3 Å². The van der Waals surface area contributed by atoms with Crippen LogP contribution in [0.2, 0.25) is 0 Å². The molecule has 0 unspecified atom stereocenters. The van der Waals surface area contributed by atoms with Gasteiger partial charge in [-0.15, -0.1) is 0 Å². The van der Waals surface area contributed by atoms with Gasteiger partial charge >= 0.3 is 6.18 Å². The van der Waals surface area contributed by atoms with E-state index >= 15 is 0 Å². The van der Waals surface area contributed by atoms with Gasteiger partial charge in [0.05, 0.1) is 11.3 Å². The zero-order valence-electron chi connectivity index (χ0n) is 13.5. The smallest absolute Gasteiger partial charge is 0.352 e. The molecular weight excluding hydrogens is 331 g/mol. The van der Waals surface area contributed by atoms with Gasteiger partial charge in [0.15, 0.2) is 0 Å². The van der Waals surface area contributed by atoms with Crippen LogP contribution in [0.25, 0.3) is 5.65 Å². The van der Waals surface area contributed by atoms with E-state index in [0.717, 1.165) is 29.0 Å². The van der Waals surface area contributed by atoms with Crippen molar-refractivity contribution >= 4 is 11.6 Å². The summed E-state index contributed by atoms with van der Waals surface area (Å²) in [4.78, 5) is 16.5. The van der Waals surface area contributed by atoms with Crippen molar-refractivity contribution in [1.29, 1.82) is 0 Å². The molecule has 0 saturated heterocycles. The summed E-state index contributed by atoms with van der Waals surface area (Å²) < 4.78 is 39.4. The van der Waals surface area contributed by atoms with Crippen LogP contribution in [0.5, 0.6) is 0 Å². The Labute approximate surface area is 142 Å². The number of nitrogens with one attached hydrogen (secondary N) is 1. The van der Waals surface area contributed by atoms with Crippen molar-refractivity contribution in [3.05, 3.63) is 71.2 Å². The monoisotopic (exact) mass is 347 g/mol. The van der Waals surface area contributed by atoms with Crippen LogP contribution in [0.3, 0.4) is 0 Å². The number of nitrogens with zero attached hydrogens (tertiary/aromatic N) is 2. The van der Waals surface area contributed by atoms with Crippen molar-refractivity contribution in [1.82, 2.24) is 14.7 Å². The second-order valence-corrected chi connectivity index (χ2v) is 5.78. The van der Waals surface area contributed by atoms with E-state index in [9.17, 15) is 18.0 Å². The molecule has 130 valence electrons. The number of pyridine rings is 1. The van der Waals surface area contributed by atoms with Crippen LogP contribution >= 0.6 is 0 Å². The van der Waals surface area contributed by atoms with E-state index in [-0.39, 0.29) is 5.56 Å². The first kappa shape index (κ1) is 17.0. The van der Waals surface area contributed by atoms with E-state index in [1.807, 2.05) is 35.9 Å². The lowest BCUT2D eigenvalue weighted by Crippen LogP contribution is -2.25. The number of fused-ring (bicyclic) bond motifs is 1. The number of hydrogen-bond acceptors (Lipinski definition) is 2. The average Bonchev–Trinajstić information content (AvgIpc) is 2.96. The summed E-state index contributed by atoms with van der Waals surface area (Å²) in [7, 11) is 0. The number of carbonyl (C=O) groups excluding carboxylic acids is 1. The lowest BCUT2D eigenvalue weighted by atomic mass is 10.1. The Balaban J connectivity index is 1.58. The summed E-state index contributed by atoms with van der Waals surface area (Å²) in [6.07, 6.45) is -0.0649. The van der Waals surface area contributed by atoms with Gasteiger partial charge in [0.2, 0.25) is 0 Å². The Kier molecular flexibility index (Phi) is 4.48. The highest BCUT2D eigenvalue weighted by Gasteiger charge is 2.30.